The molecule has 7 nitrogen and oxygen atoms in total. The molecule has 0 N–H and O–H groups in total. The van der Waals surface area contributed by atoms with Crippen molar-refractivity contribution in [1.82, 2.24) is 0 Å². The maximum Gasteiger partial charge on any atom is 0.202 e. The normalized spacial score (nSPS) is 21.5. The molecular weight excluding hydrogens is 625 g/mol. The number of hydrogen-bond acceptors (Lipinski definition) is 7. The van der Waals surface area contributed by atoms with Crippen LogP contribution in [-0.4, -0.2) is 41.5 Å². The van der Waals surface area contributed by atoms with Gasteiger partial charge in [-0.05, 0) is 34.4 Å². The Balaban J connectivity index is 1.32. The van der Waals surface area contributed by atoms with Crippen LogP contribution in [0.2, 0.25) is 0 Å². The summed E-state index contributed by atoms with van der Waals surface area (Å²) in [6.07, 6.45) is -3.78. The van der Waals surface area contributed by atoms with E-state index >= 15 is 0 Å². The van der Waals surface area contributed by atoms with E-state index in [2.05, 4.69) is 0 Å². The van der Waals surface area contributed by atoms with Crippen molar-refractivity contribution in [3.8, 4) is 0 Å². The average Bonchev–Trinajstić information content (AvgIpc) is 3.15. The van der Waals surface area contributed by atoms with Gasteiger partial charge in [0.1, 0.15) is 24.4 Å². The van der Waals surface area contributed by atoms with Gasteiger partial charge in [0.15, 0.2) is 11.1 Å². The summed E-state index contributed by atoms with van der Waals surface area (Å²) in [6, 6.07) is 48.8. The molecule has 0 aromatic heterocycles. The SMILES string of the molecule is O=S(O[C@H]1O[C@H](COCc2ccccc2)[C@@H](OCc2ccccc2)[C@H](OCc2ccccc2)[C@H]1OCc1ccccc1)c1ccccc1. The van der Waals surface area contributed by atoms with Crippen molar-refractivity contribution in [1.29, 1.82) is 0 Å². The lowest BCUT2D eigenvalue weighted by Crippen LogP contribution is -2.61. The highest BCUT2D eigenvalue weighted by atomic mass is 32.2. The molecule has 6 rings (SSSR count). The zero-order valence-electron chi connectivity index (χ0n) is 26.6. The van der Waals surface area contributed by atoms with Gasteiger partial charge in [-0.15, -0.1) is 0 Å². The molecule has 1 aliphatic heterocycles. The van der Waals surface area contributed by atoms with E-state index in [1.807, 2.05) is 140 Å². The Bertz CT molecular complexity index is 1640. The fourth-order valence-corrected chi connectivity index (χ4v) is 6.32. The first-order chi connectivity index (χ1) is 23.7. The van der Waals surface area contributed by atoms with Gasteiger partial charge in [0.05, 0.1) is 37.9 Å². The zero-order valence-corrected chi connectivity index (χ0v) is 27.4. The minimum absolute atomic E-state index is 0.183. The van der Waals surface area contributed by atoms with E-state index in [1.165, 1.54) is 0 Å². The van der Waals surface area contributed by atoms with Crippen LogP contribution in [0.3, 0.4) is 0 Å². The zero-order chi connectivity index (χ0) is 32.8. The minimum Gasteiger partial charge on any atom is -0.374 e. The van der Waals surface area contributed by atoms with Crippen LogP contribution in [0.4, 0.5) is 0 Å². The Morgan fingerprint density at radius 1 is 0.479 bits per heavy atom. The first-order valence-corrected chi connectivity index (χ1v) is 17.2. The Kier molecular flexibility index (Phi) is 12.7. The van der Waals surface area contributed by atoms with Crippen molar-refractivity contribution in [2.24, 2.45) is 0 Å². The summed E-state index contributed by atoms with van der Waals surface area (Å²) in [6.45, 7) is 1.45. The summed E-state index contributed by atoms with van der Waals surface area (Å²) >= 11 is -1.84. The highest BCUT2D eigenvalue weighted by molar-refractivity contribution is 7.80. The van der Waals surface area contributed by atoms with Crippen LogP contribution in [0.5, 0.6) is 0 Å². The molecule has 0 spiro atoms. The number of benzene rings is 5. The van der Waals surface area contributed by atoms with Crippen LogP contribution < -0.4 is 0 Å². The third-order valence-corrected chi connectivity index (χ3v) is 8.98. The predicted octanol–water partition coefficient (Wildman–Crippen LogP) is 7.42. The molecule has 0 saturated carbocycles. The van der Waals surface area contributed by atoms with Gasteiger partial charge in [-0.1, -0.05) is 140 Å². The summed E-state index contributed by atoms with van der Waals surface area (Å²) in [5, 5.41) is 0. The standard InChI is InChI=1S/C40H40O7S/c41-48(35-24-14-5-15-25-35)47-40-39(45-29-34-22-12-4-13-23-34)38(44-28-33-20-10-3-11-21-33)37(43-27-32-18-8-2-9-19-32)36(46-40)30-42-26-31-16-6-1-7-17-31/h1-25,36-40H,26-30H2/t36-,37-,38+,39-,40-,48?/m1/s1. The van der Waals surface area contributed by atoms with E-state index in [-0.39, 0.29) is 13.2 Å². The summed E-state index contributed by atoms with van der Waals surface area (Å²) in [7, 11) is 0. The second kappa shape index (κ2) is 18.0. The third-order valence-electron chi connectivity index (χ3n) is 7.96. The highest BCUT2D eigenvalue weighted by Gasteiger charge is 2.50. The molecule has 0 aliphatic carbocycles. The molecule has 0 radical (unpaired) electrons. The van der Waals surface area contributed by atoms with E-state index in [1.54, 1.807) is 12.1 Å². The van der Waals surface area contributed by atoms with Gasteiger partial charge in [0.2, 0.25) is 6.29 Å². The Hall–Kier alpha value is -3.99. The van der Waals surface area contributed by atoms with Crippen molar-refractivity contribution in [3.05, 3.63) is 174 Å². The van der Waals surface area contributed by atoms with Crippen molar-refractivity contribution < 1.29 is 32.1 Å². The van der Waals surface area contributed by atoms with Crippen LogP contribution in [0.25, 0.3) is 0 Å². The summed E-state index contributed by atoms with van der Waals surface area (Å²) in [5.41, 5.74) is 4.01. The first-order valence-electron chi connectivity index (χ1n) is 16.1. The molecule has 1 aliphatic rings. The Morgan fingerprint density at radius 3 is 1.35 bits per heavy atom. The average molecular weight is 665 g/mol. The van der Waals surface area contributed by atoms with E-state index in [9.17, 15) is 4.21 Å². The Labute approximate surface area is 285 Å². The van der Waals surface area contributed by atoms with Crippen molar-refractivity contribution in [3.63, 3.8) is 0 Å². The monoisotopic (exact) mass is 664 g/mol. The molecule has 8 heteroatoms. The van der Waals surface area contributed by atoms with Crippen molar-refractivity contribution in [2.75, 3.05) is 6.61 Å². The van der Waals surface area contributed by atoms with Crippen molar-refractivity contribution in [2.45, 2.75) is 62.0 Å². The molecule has 5 aromatic rings. The van der Waals surface area contributed by atoms with Crippen LogP contribution >= 0.6 is 0 Å². The maximum absolute atomic E-state index is 13.6. The van der Waals surface area contributed by atoms with Gasteiger partial charge in [-0.25, -0.2) is 4.21 Å². The molecule has 5 aromatic carbocycles. The first kappa shape index (κ1) is 33.9. The maximum atomic E-state index is 13.6. The fraction of sp³-hybridized carbons (Fsp3) is 0.250. The van der Waals surface area contributed by atoms with Crippen LogP contribution in [0.15, 0.2) is 157 Å². The van der Waals surface area contributed by atoms with Gasteiger partial charge in [0, 0.05) is 0 Å². The fourth-order valence-electron chi connectivity index (χ4n) is 5.50. The van der Waals surface area contributed by atoms with Crippen molar-refractivity contribution >= 4 is 11.1 Å². The lowest BCUT2D eigenvalue weighted by atomic mass is 9.98. The minimum atomic E-state index is -1.84. The van der Waals surface area contributed by atoms with E-state index < -0.39 is 41.8 Å². The smallest absolute Gasteiger partial charge is 0.202 e. The lowest BCUT2D eigenvalue weighted by Gasteiger charge is -2.45. The molecule has 0 amide bonds. The van der Waals surface area contributed by atoms with Gasteiger partial charge < -0.3 is 23.7 Å². The second-order valence-corrected chi connectivity index (χ2v) is 12.6. The number of rotatable bonds is 16. The van der Waals surface area contributed by atoms with E-state index in [0.717, 1.165) is 22.3 Å². The summed E-state index contributed by atoms with van der Waals surface area (Å²) < 4.78 is 52.6. The molecular formula is C40H40O7S. The molecule has 48 heavy (non-hydrogen) atoms. The number of ether oxygens (including phenoxy) is 5. The largest absolute Gasteiger partial charge is 0.374 e. The van der Waals surface area contributed by atoms with Gasteiger partial charge in [-0.3, -0.25) is 4.18 Å². The summed E-state index contributed by atoms with van der Waals surface area (Å²) in [5.74, 6) is 0. The molecule has 1 fully saturated rings. The third kappa shape index (κ3) is 9.78. The van der Waals surface area contributed by atoms with Gasteiger partial charge >= 0.3 is 0 Å². The second-order valence-electron chi connectivity index (χ2n) is 11.5. The van der Waals surface area contributed by atoms with E-state index in [4.69, 9.17) is 27.9 Å². The highest BCUT2D eigenvalue weighted by Crippen LogP contribution is 2.32. The molecule has 0 bridgehead atoms. The Morgan fingerprint density at radius 2 is 0.875 bits per heavy atom. The van der Waals surface area contributed by atoms with Crippen LogP contribution in [0.1, 0.15) is 22.3 Å². The molecule has 1 saturated heterocycles. The predicted molar refractivity (Wildman–Crippen MR) is 184 cm³/mol. The van der Waals surface area contributed by atoms with Gasteiger partial charge in [-0.2, -0.15) is 0 Å². The topological polar surface area (TPSA) is 72.5 Å². The van der Waals surface area contributed by atoms with Gasteiger partial charge in [0.25, 0.3) is 0 Å². The number of hydrogen-bond donors (Lipinski definition) is 0. The quantitative estimate of drug-likeness (QED) is 0.109. The van der Waals surface area contributed by atoms with E-state index in [0.29, 0.717) is 24.7 Å². The summed E-state index contributed by atoms with van der Waals surface area (Å²) in [4.78, 5) is 0.518. The molecule has 1 unspecified atom stereocenters. The molecule has 1 heterocycles. The van der Waals surface area contributed by atoms with Crippen LogP contribution in [0, 0.1) is 0 Å². The van der Waals surface area contributed by atoms with Crippen LogP contribution in [-0.2, 0) is 65.4 Å². The lowest BCUT2D eigenvalue weighted by molar-refractivity contribution is -0.308. The molecule has 248 valence electrons. The molecule has 6 atom stereocenters.